The molecule has 2 rings (SSSR count). The van der Waals surface area contributed by atoms with E-state index in [0.717, 1.165) is 13.1 Å². The highest BCUT2D eigenvalue weighted by atomic mass is 15.3. The van der Waals surface area contributed by atoms with E-state index in [1.807, 2.05) is 0 Å². The first-order valence-corrected chi connectivity index (χ1v) is 7.06. The Balaban J connectivity index is 2.12. The van der Waals surface area contributed by atoms with Crippen LogP contribution in [-0.4, -0.2) is 37.1 Å². The SMILES string of the molecule is CC(C)c1ccc(N2C[C@@H](C)N(C)[C@@H](C)C2)cc1. The average Bonchev–Trinajstić information content (AvgIpc) is 2.35. The fourth-order valence-electron chi connectivity index (χ4n) is 2.69. The number of nitrogens with zero attached hydrogens (tertiary/aromatic N) is 2. The summed E-state index contributed by atoms with van der Waals surface area (Å²) in [5.41, 5.74) is 2.79. The Bertz CT molecular complexity index is 371. The maximum absolute atomic E-state index is 2.51. The highest BCUT2D eigenvalue weighted by Gasteiger charge is 2.26. The molecule has 1 aliphatic heterocycles. The summed E-state index contributed by atoms with van der Waals surface area (Å²) < 4.78 is 0. The number of benzene rings is 1. The molecule has 2 nitrogen and oxygen atoms in total. The lowest BCUT2D eigenvalue weighted by Gasteiger charge is -2.43. The van der Waals surface area contributed by atoms with Gasteiger partial charge in [0.15, 0.2) is 0 Å². The molecule has 0 N–H and O–H groups in total. The third-order valence-electron chi connectivity index (χ3n) is 4.28. The standard InChI is InChI=1S/C16H26N2/c1-12(2)15-6-8-16(9-7-15)18-10-13(3)17(5)14(4)11-18/h6-9,12-14H,10-11H2,1-5H3/t13-,14+. The van der Waals surface area contributed by atoms with E-state index in [9.17, 15) is 0 Å². The molecule has 0 bridgehead atoms. The average molecular weight is 246 g/mol. The van der Waals surface area contributed by atoms with Crippen LogP contribution in [-0.2, 0) is 0 Å². The lowest BCUT2D eigenvalue weighted by Crippen LogP contribution is -2.55. The summed E-state index contributed by atoms with van der Waals surface area (Å²) in [5.74, 6) is 0.615. The Kier molecular flexibility index (Phi) is 3.96. The van der Waals surface area contributed by atoms with Crippen LogP contribution in [0, 0.1) is 0 Å². The molecule has 0 amide bonds. The van der Waals surface area contributed by atoms with Crippen molar-refractivity contribution in [2.75, 3.05) is 25.0 Å². The van der Waals surface area contributed by atoms with Gasteiger partial charge in [0.05, 0.1) is 0 Å². The van der Waals surface area contributed by atoms with Gasteiger partial charge in [0.25, 0.3) is 0 Å². The molecule has 1 aromatic carbocycles. The summed E-state index contributed by atoms with van der Waals surface area (Å²) in [6.45, 7) is 11.4. The number of hydrogen-bond acceptors (Lipinski definition) is 2. The third kappa shape index (κ3) is 2.69. The number of anilines is 1. The van der Waals surface area contributed by atoms with E-state index in [0.29, 0.717) is 18.0 Å². The second-order valence-electron chi connectivity index (χ2n) is 6.01. The molecule has 100 valence electrons. The Labute approximate surface area is 112 Å². The molecule has 0 unspecified atom stereocenters. The molecular weight excluding hydrogens is 220 g/mol. The second kappa shape index (κ2) is 5.31. The molecule has 2 heteroatoms. The van der Waals surface area contributed by atoms with Crippen molar-refractivity contribution in [3.05, 3.63) is 29.8 Å². The molecule has 0 saturated carbocycles. The highest BCUT2D eigenvalue weighted by molar-refractivity contribution is 5.49. The molecule has 0 radical (unpaired) electrons. The van der Waals surface area contributed by atoms with E-state index in [1.54, 1.807) is 0 Å². The molecule has 18 heavy (non-hydrogen) atoms. The normalized spacial score (nSPS) is 25.8. The minimum Gasteiger partial charge on any atom is -0.368 e. The van der Waals surface area contributed by atoms with E-state index in [4.69, 9.17) is 0 Å². The van der Waals surface area contributed by atoms with Gasteiger partial charge in [-0.2, -0.15) is 0 Å². The van der Waals surface area contributed by atoms with E-state index in [1.165, 1.54) is 11.3 Å². The molecule has 1 saturated heterocycles. The van der Waals surface area contributed by atoms with Crippen molar-refractivity contribution < 1.29 is 0 Å². The molecule has 0 aromatic heterocycles. The summed E-state index contributed by atoms with van der Waals surface area (Å²) in [6, 6.07) is 10.3. The first-order chi connectivity index (χ1) is 8.49. The Morgan fingerprint density at radius 3 is 1.94 bits per heavy atom. The highest BCUT2D eigenvalue weighted by Crippen LogP contribution is 2.23. The zero-order chi connectivity index (χ0) is 13.3. The van der Waals surface area contributed by atoms with Gasteiger partial charge in [0.2, 0.25) is 0 Å². The first-order valence-electron chi connectivity index (χ1n) is 7.06. The van der Waals surface area contributed by atoms with E-state index in [-0.39, 0.29) is 0 Å². The predicted molar refractivity (Wildman–Crippen MR) is 79.4 cm³/mol. The summed E-state index contributed by atoms with van der Waals surface area (Å²) in [7, 11) is 2.23. The van der Waals surface area contributed by atoms with Crippen LogP contribution >= 0.6 is 0 Å². The van der Waals surface area contributed by atoms with Crippen LogP contribution in [0.1, 0.15) is 39.2 Å². The van der Waals surface area contributed by atoms with Crippen LogP contribution in [0.25, 0.3) is 0 Å². The van der Waals surface area contributed by atoms with Crippen molar-refractivity contribution in [1.29, 1.82) is 0 Å². The lowest BCUT2D eigenvalue weighted by atomic mass is 10.0. The van der Waals surface area contributed by atoms with Gasteiger partial charge in [-0.25, -0.2) is 0 Å². The lowest BCUT2D eigenvalue weighted by molar-refractivity contribution is 0.170. The molecule has 1 aliphatic rings. The topological polar surface area (TPSA) is 6.48 Å². The Hall–Kier alpha value is -1.02. The molecule has 1 heterocycles. The van der Waals surface area contributed by atoms with Crippen LogP contribution in [0.4, 0.5) is 5.69 Å². The number of rotatable bonds is 2. The molecular formula is C16H26N2. The summed E-state index contributed by atoms with van der Waals surface area (Å²) in [4.78, 5) is 4.98. The van der Waals surface area contributed by atoms with Crippen molar-refractivity contribution in [3.8, 4) is 0 Å². The largest absolute Gasteiger partial charge is 0.368 e. The minimum atomic E-state index is 0.615. The van der Waals surface area contributed by atoms with Gasteiger partial charge in [0, 0.05) is 30.9 Å². The van der Waals surface area contributed by atoms with Crippen molar-refractivity contribution in [2.45, 2.75) is 45.7 Å². The third-order valence-corrected chi connectivity index (χ3v) is 4.28. The zero-order valence-electron chi connectivity index (χ0n) is 12.4. The molecule has 0 aliphatic carbocycles. The maximum Gasteiger partial charge on any atom is 0.0367 e. The number of hydrogen-bond donors (Lipinski definition) is 0. The fraction of sp³-hybridized carbons (Fsp3) is 0.625. The van der Waals surface area contributed by atoms with Crippen LogP contribution in [0.5, 0.6) is 0 Å². The van der Waals surface area contributed by atoms with Crippen LogP contribution < -0.4 is 4.90 Å². The van der Waals surface area contributed by atoms with Gasteiger partial charge in [-0.15, -0.1) is 0 Å². The summed E-state index contributed by atoms with van der Waals surface area (Å²) in [6.07, 6.45) is 0. The quantitative estimate of drug-likeness (QED) is 0.789. The molecule has 1 aromatic rings. The summed E-state index contributed by atoms with van der Waals surface area (Å²) in [5, 5.41) is 0. The van der Waals surface area contributed by atoms with E-state index < -0.39 is 0 Å². The second-order valence-corrected chi connectivity index (χ2v) is 6.01. The van der Waals surface area contributed by atoms with Crippen molar-refractivity contribution in [3.63, 3.8) is 0 Å². The van der Waals surface area contributed by atoms with Crippen LogP contribution in [0.2, 0.25) is 0 Å². The fourth-order valence-corrected chi connectivity index (χ4v) is 2.69. The van der Waals surface area contributed by atoms with E-state index >= 15 is 0 Å². The van der Waals surface area contributed by atoms with Gasteiger partial charge < -0.3 is 4.90 Å². The van der Waals surface area contributed by atoms with Crippen molar-refractivity contribution in [1.82, 2.24) is 4.90 Å². The van der Waals surface area contributed by atoms with Gasteiger partial charge in [-0.1, -0.05) is 26.0 Å². The Morgan fingerprint density at radius 2 is 1.50 bits per heavy atom. The number of likely N-dealkylation sites (N-methyl/N-ethyl adjacent to an activating group) is 1. The molecule has 0 spiro atoms. The number of piperazine rings is 1. The van der Waals surface area contributed by atoms with Crippen LogP contribution in [0.3, 0.4) is 0 Å². The monoisotopic (exact) mass is 246 g/mol. The maximum atomic E-state index is 2.51. The smallest absolute Gasteiger partial charge is 0.0367 e. The van der Waals surface area contributed by atoms with Gasteiger partial charge in [-0.05, 0) is 44.5 Å². The van der Waals surface area contributed by atoms with Crippen LogP contribution in [0.15, 0.2) is 24.3 Å². The minimum absolute atomic E-state index is 0.615. The van der Waals surface area contributed by atoms with Crippen molar-refractivity contribution in [2.24, 2.45) is 0 Å². The first kappa shape index (κ1) is 13.4. The van der Waals surface area contributed by atoms with Crippen molar-refractivity contribution >= 4 is 5.69 Å². The predicted octanol–water partition coefficient (Wildman–Crippen LogP) is 3.34. The zero-order valence-corrected chi connectivity index (χ0v) is 12.4. The van der Waals surface area contributed by atoms with Gasteiger partial charge >= 0.3 is 0 Å². The Morgan fingerprint density at radius 1 is 1.00 bits per heavy atom. The summed E-state index contributed by atoms with van der Waals surface area (Å²) >= 11 is 0. The van der Waals surface area contributed by atoms with E-state index in [2.05, 4.69) is 68.8 Å². The molecule has 2 atom stereocenters. The van der Waals surface area contributed by atoms with Gasteiger partial charge in [0.1, 0.15) is 0 Å². The molecule has 1 fully saturated rings. The van der Waals surface area contributed by atoms with Gasteiger partial charge in [-0.3, -0.25) is 4.90 Å².